The molecule has 1 atom stereocenters. The number of nitrogens with zero attached hydrogens (tertiary/aromatic N) is 2. The number of hydrogen-bond donors (Lipinski definition) is 1. The van der Waals surface area contributed by atoms with E-state index in [0.717, 1.165) is 5.56 Å². The molecule has 120 valence electrons. The number of ether oxygens (including phenoxy) is 1. The first-order chi connectivity index (χ1) is 11.0. The maximum absolute atomic E-state index is 12.5. The van der Waals surface area contributed by atoms with Gasteiger partial charge in [0.15, 0.2) is 5.78 Å². The topological polar surface area (TPSA) is 75.3 Å². The first-order valence-electron chi connectivity index (χ1n) is 7.27. The third kappa shape index (κ3) is 3.43. The standard InChI is InChI=1S/C16H16ClN3O3/c1-10(21)13-8-14(19-18-13)16(22)20-6-7-23-15(9-20)11-2-4-12(17)5-3-11/h2-5,8,15H,6-7,9H2,1H3,(H,18,19)/t15-/m0/s1. The van der Waals surface area contributed by atoms with E-state index < -0.39 is 0 Å². The lowest BCUT2D eigenvalue weighted by Gasteiger charge is -2.32. The number of aromatic amines is 1. The Balaban J connectivity index is 1.73. The third-order valence-electron chi connectivity index (χ3n) is 3.76. The maximum Gasteiger partial charge on any atom is 0.272 e. The van der Waals surface area contributed by atoms with Crippen molar-refractivity contribution >= 4 is 23.3 Å². The Kier molecular flexibility index (Phi) is 4.45. The molecule has 0 aliphatic carbocycles. The fraction of sp³-hybridized carbons (Fsp3) is 0.312. The van der Waals surface area contributed by atoms with Crippen molar-refractivity contribution in [3.8, 4) is 0 Å². The summed E-state index contributed by atoms with van der Waals surface area (Å²) < 4.78 is 5.75. The first kappa shape index (κ1) is 15.7. The van der Waals surface area contributed by atoms with Crippen molar-refractivity contribution in [3.63, 3.8) is 0 Å². The van der Waals surface area contributed by atoms with Crippen LogP contribution in [0, 0.1) is 0 Å². The number of aromatic nitrogens is 2. The number of benzene rings is 1. The summed E-state index contributed by atoms with van der Waals surface area (Å²) >= 11 is 5.89. The second kappa shape index (κ2) is 6.52. The molecule has 3 rings (SSSR count). The average Bonchev–Trinajstić information content (AvgIpc) is 3.05. The SMILES string of the molecule is CC(=O)c1cc(C(=O)N2CCO[C@H](c3ccc(Cl)cc3)C2)[nH]n1. The molecule has 2 heterocycles. The summed E-state index contributed by atoms with van der Waals surface area (Å²) in [6.45, 7) is 2.80. The van der Waals surface area contributed by atoms with Crippen molar-refractivity contribution in [1.29, 1.82) is 0 Å². The zero-order chi connectivity index (χ0) is 16.4. The minimum Gasteiger partial charge on any atom is -0.370 e. The Bertz CT molecular complexity index is 726. The van der Waals surface area contributed by atoms with Crippen molar-refractivity contribution in [2.45, 2.75) is 13.0 Å². The van der Waals surface area contributed by atoms with Gasteiger partial charge in [-0.3, -0.25) is 14.7 Å². The van der Waals surface area contributed by atoms with Crippen LogP contribution in [0.5, 0.6) is 0 Å². The Morgan fingerprint density at radius 3 is 2.74 bits per heavy atom. The maximum atomic E-state index is 12.5. The summed E-state index contributed by atoms with van der Waals surface area (Å²) in [6.07, 6.45) is -0.194. The molecule has 1 aliphatic heterocycles. The normalized spacial score (nSPS) is 18.0. The Labute approximate surface area is 138 Å². The van der Waals surface area contributed by atoms with Crippen molar-refractivity contribution in [2.75, 3.05) is 19.7 Å². The molecule has 1 N–H and O–H groups in total. The number of hydrogen-bond acceptors (Lipinski definition) is 4. The van der Waals surface area contributed by atoms with Crippen LogP contribution in [0.1, 0.15) is 39.6 Å². The van der Waals surface area contributed by atoms with Crippen LogP contribution in [0.3, 0.4) is 0 Å². The van der Waals surface area contributed by atoms with Gasteiger partial charge in [0.2, 0.25) is 0 Å². The van der Waals surface area contributed by atoms with Crippen molar-refractivity contribution < 1.29 is 14.3 Å². The number of amides is 1. The largest absolute Gasteiger partial charge is 0.370 e. The average molecular weight is 334 g/mol. The number of ketones is 1. The van der Waals surface area contributed by atoms with Gasteiger partial charge in [-0.15, -0.1) is 0 Å². The number of rotatable bonds is 3. The van der Waals surface area contributed by atoms with Crippen LogP contribution < -0.4 is 0 Å². The number of halogens is 1. The zero-order valence-corrected chi connectivity index (χ0v) is 13.3. The summed E-state index contributed by atoms with van der Waals surface area (Å²) in [5.41, 5.74) is 1.55. The molecule has 0 bridgehead atoms. The number of carbonyl (C=O) groups excluding carboxylic acids is 2. The Morgan fingerprint density at radius 2 is 2.09 bits per heavy atom. The molecule has 0 saturated carbocycles. The molecule has 1 amide bonds. The van der Waals surface area contributed by atoms with Gasteiger partial charge in [0.05, 0.1) is 13.2 Å². The van der Waals surface area contributed by atoms with Crippen LogP contribution in [0.15, 0.2) is 30.3 Å². The predicted octanol–water partition coefficient (Wildman–Crippen LogP) is 2.48. The predicted molar refractivity (Wildman–Crippen MR) is 84.6 cm³/mol. The zero-order valence-electron chi connectivity index (χ0n) is 12.6. The number of carbonyl (C=O) groups is 2. The van der Waals surface area contributed by atoms with Gasteiger partial charge in [0.1, 0.15) is 17.5 Å². The summed E-state index contributed by atoms with van der Waals surface area (Å²) in [6, 6.07) is 8.87. The van der Waals surface area contributed by atoms with Crippen molar-refractivity contribution in [3.05, 3.63) is 52.3 Å². The summed E-state index contributed by atoms with van der Waals surface area (Å²) in [5.74, 6) is -0.367. The highest BCUT2D eigenvalue weighted by Gasteiger charge is 2.27. The molecule has 6 nitrogen and oxygen atoms in total. The molecule has 0 unspecified atom stereocenters. The van der Waals surface area contributed by atoms with E-state index >= 15 is 0 Å². The molecule has 1 aromatic heterocycles. The second-order valence-electron chi connectivity index (χ2n) is 5.39. The van der Waals surface area contributed by atoms with E-state index in [1.165, 1.54) is 13.0 Å². The quantitative estimate of drug-likeness (QED) is 0.876. The lowest BCUT2D eigenvalue weighted by molar-refractivity contribution is -0.0230. The molecular weight excluding hydrogens is 318 g/mol. The van der Waals surface area contributed by atoms with E-state index in [-0.39, 0.29) is 23.5 Å². The van der Waals surface area contributed by atoms with Gasteiger partial charge in [-0.05, 0) is 23.8 Å². The van der Waals surface area contributed by atoms with E-state index in [2.05, 4.69) is 10.2 Å². The van der Waals surface area contributed by atoms with Gasteiger partial charge < -0.3 is 9.64 Å². The number of Topliss-reactive ketones (excluding diaryl/α,β-unsaturated/α-hetero) is 1. The number of H-pyrrole nitrogens is 1. The van der Waals surface area contributed by atoms with Gasteiger partial charge in [0.25, 0.3) is 5.91 Å². The van der Waals surface area contributed by atoms with E-state index in [9.17, 15) is 9.59 Å². The van der Waals surface area contributed by atoms with Crippen LogP contribution in [0.4, 0.5) is 0 Å². The lowest BCUT2D eigenvalue weighted by atomic mass is 10.1. The number of nitrogens with one attached hydrogen (secondary N) is 1. The van der Waals surface area contributed by atoms with Crippen molar-refractivity contribution in [2.24, 2.45) is 0 Å². The summed E-state index contributed by atoms with van der Waals surface area (Å²) in [7, 11) is 0. The van der Waals surface area contributed by atoms with Crippen LogP contribution in [0.25, 0.3) is 0 Å². The molecule has 1 aromatic carbocycles. The highest BCUT2D eigenvalue weighted by molar-refractivity contribution is 6.30. The van der Waals surface area contributed by atoms with E-state index in [1.54, 1.807) is 17.0 Å². The molecule has 23 heavy (non-hydrogen) atoms. The molecule has 0 spiro atoms. The minimum absolute atomic E-state index is 0.179. The second-order valence-corrected chi connectivity index (χ2v) is 5.82. The van der Waals surface area contributed by atoms with E-state index in [0.29, 0.717) is 30.4 Å². The molecular formula is C16H16ClN3O3. The highest BCUT2D eigenvalue weighted by atomic mass is 35.5. The van der Waals surface area contributed by atoms with E-state index in [4.69, 9.17) is 16.3 Å². The highest BCUT2D eigenvalue weighted by Crippen LogP contribution is 2.24. The van der Waals surface area contributed by atoms with Gasteiger partial charge in [-0.2, -0.15) is 5.10 Å². The molecule has 1 saturated heterocycles. The summed E-state index contributed by atoms with van der Waals surface area (Å²) in [5, 5.41) is 7.14. The van der Waals surface area contributed by atoms with Crippen LogP contribution in [-0.2, 0) is 4.74 Å². The third-order valence-corrected chi connectivity index (χ3v) is 4.02. The molecule has 1 aliphatic rings. The minimum atomic E-state index is -0.194. The van der Waals surface area contributed by atoms with Gasteiger partial charge >= 0.3 is 0 Å². The molecule has 1 fully saturated rings. The monoisotopic (exact) mass is 333 g/mol. The Hall–Kier alpha value is -2.18. The van der Waals surface area contributed by atoms with Crippen LogP contribution >= 0.6 is 11.6 Å². The first-order valence-corrected chi connectivity index (χ1v) is 7.65. The van der Waals surface area contributed by atoms with Gasteiger partial charge in [-0.25, -0.2) is 0 Å². The van der Waals surface area contributed by atoms with Gasteiger partial charge in [-0.1, -0.05) is 23.7 Å². The van der Waals surface area contributed by atoms with Gasteiger partial charge in [0, 0.05) is 18.5 Å². The summed E-state index contributed by atoms with van der Waals surface area (Å²) in [4.78, 5) is 25.5. The molecule has 0 radical (unpaired) electrons. The Morgan fingerprint density at radius 1 is 1.35 bits per heavy atom. The smallest absolute Gasteiger partial charge is 0.272 e. The van der Waals surface area contributed by atoms with Crippen LogP contribution in [0.2, 0.25) is 5.02 Å². The molecule has 7 heteroatoms. The van der Waals surface area contributed by atoms with E-state index in [1.807, 2.05) is 12.1 Å². The fourth-order valence-electron chi connectivity index (χ4n) is 2.49. The molecule has 2 aromatic rings. The fourth-order valence-corrected chi connectivity index (χ4v) is 2.62. The number of morpholine rings is 1. The lowest BCUT2D eigenvalue weighted by Crippen LogP contribution is -2.42. The van der Waals surface area contributed by atoms with Crippen molar-refractivity contribution in [1.82, 2.24) is 15.1 Å². The van der Waals surface area contributed by atoms with Crippen LogP contribution in [-0.4, -0.2) is 46.5 Å².